The third-order valence-corrected chi connectivity index (χ3v) is 3.98. The predicted molar refractivity (Wildman–Crippen MR) is 88.9 cm³/mol. The number of halogens is 1. The van der Waals surface area contributed by atoms with Gasteiger partial charge in [-0.05, 0) is 12.8 Å². The molecule has 138 valence electrons. The number of rotatable bonds is 9. The van der Waals surface area contributed by atoms with Crippen LogP contribution in [0.5, 0.6) is 12.0 Å². The van der Waals surface area contributed by atoms with Crippen molar-refractivity contribution in [1.82, 2.24) is 19.4 Å². The lowest BCUT2D eigenvalue weighted by Gasteiger charge is -2.34. The molecule has 24 heavy (non-hydrogen) atoms. The molecule has 0 amide bonds. The van der Waals surface area contributed by atoms with Crippen molar-refractivity contribution in [2.75, 3.05) is 46.6 Å². The average molecular weight is 361 g/mol. The van der Waals surface area contributed by atoms with Crippen LogP contribution in [0.1, 0.15) is 39.5 Å². The Kier molecular flexibility index (Phi) is 9.25. The number of aromatic nitrogens is 3. The minimum atomic E-state index is 0. The number of quaternary nitrogens is 1. The molecule has 2 rings (SSSR count). The van der Waals surface area contributed by atoms with Gasteiger partial charge in [0.1, 0.15) is 13.1 Å². The van der Waals surface area contributed by atoms with Gasteiger partial charge >= 0.3 is 18.0 Å². The standard InChI is InChI=1S/C16H29N4O3.ClH/c1-4-6-10-22-15-17-14(20(3)8-12-21-13-9-20)18-16(19-15)23-11-7-5-2;/h4-13H2,1-3H3;1H/q+1;/p-1. The van der Waals surface area contributed by atoms with Gasteiger partial charge < -0.3 is 26.6 Å². The van der Waals surface area contributed by atoms with Gasteiger partial charge in [-0.3, -0.25) is 4.48 Å². The molecule has 1 saturated heterocycles. The first-order chi connectivity index (χ1) is 11.2. The number of ether oxygens (including phenoxy) is 3. The van der Waals surface area contributed by atoms with Crippen molar-refractivity contribution in [2.24, 2.45) is 0 Å². The van der Waals surface area contributed by atoms with Gasteiger partial charge in [0.2, 0.25) is 0 Å². The van der Waals surface area contributed by atoms with Crippen molar-refractivity contribution in [1.29, 1.82) is 0 Å². The topological polar surface area (TPSA) is 66.4 Å². The van der Waals surface area contributed by atoms with E-state index >= 15 is 0 Å². The Hall–Kier alpha value is -1.18. The van der Waals surface area contributed by atoms with Gasteiger partial charge in [-0.1, -0.05) is 26.7 Å². The van der Waals surface area contributed by atoms with Crippen molar-refractivity contribution >= 4 is 5.95 Å². The van der Waals surface area contributed by atoms with Crippen LogP contribution in [-0.4, -0.2) is 61.5 Å². The summed E-state index contributed by atoms with van der Waals surface area (Å²) in [4.78, 5) is 13.3. The highest BCUT2D eigenvalue weighted by molar-refractivity contribution is 5.28. The number of hydrogen-bond donors (Lipinski definition) is 0. The second-order valence-corrected chi connectivity index (χ2v) is 6.06. The van der Waals surface area contributed by atoms with Crippen LogP contribution in [0.4, 0.5) is 5.95 Å². The molecule has 0 radical (unpaired) electrons. The second-order valence-electron chi connectivity index (χ2n) is 6.06. The van der Waals surface area contributed by atoms with E-state index in [4.69, 9.17) is 14.2 Å². The lowest BCUT2D eigenvalue weighted by molar-refractivity contribution is -0.00000842. The minimum Gasteiger partial charge on any atom is -1.00 e. The number of unbranched alkanes of at least 4 members (excludes halogenated alkanes) is 2. The summed E-state index contributed by atoms with van der Waals surface area (Å²) in [5, 5.41) is 0. The van der Waals surface area contributed by atoms with Crippen LogP contribution in [0.15, 0.2) is 0 Å². The predicted octanol–water partition coefficient (Wildman–Crippen LogP) is -0.799. The van der Waals surface area contributed by atoms with Crippen LogP contribution in [0.3, 0.4) is 0 Å². The fourth-order valence-electron chi connectivity index (χ4n) is 2.26. The van der Waals surface area contributed by atoms with E-state index in [-0.39, 0.29) is 12.4 Å². The molecule has 0 N–H and O–H groups in total. The van der Waals surface area contributed by atoms with Gasteiger partial charge in [-0.2, -0.15) is 0 Å². The smallest absolute Gasteiger partial charge is 0.338 e. The van der Waals surface area contributed by atoms with Crippen molar-refractivity contribution in [3.63, 3.8) is 0 Å². The molecule has 0 saturated carbocycles. The van der Waals surface area contributed by atoms with Gasteiger partial charge in [0.05, 0.1) is 33.5 Å². The zero-order valence-electron chi connectivity index (χ0n) is 15.0. The molecular formula is C16H29ClN4O3. The fraction of sp³-hybridized carbons (Fsp3) is 0.812. The van der Waals surface area contributed by atoms with Crippen LogP contribution in [0.25, 0.3) is 0 Å². The summed E-state index contributed by atoms with van der Waals surface area (Å²) in [5.74, 6) is 0.696. The number of hydrogen-bond acceptors (Lipinski definition) is 6. The van der Waals surface area contributed by atoms with E-state index in [0.717, 1.165) is 38.8 Å². The van der Waals surface area contributed by atoms with Crippen molar-refractivity contribution in [3.05, 3.63) is 0 Å². The fourth-order valence-corrected chi connectivity index (χ4v) is 2.26. The lowest BCUT2D eigenvalue weighted by Crippen LogP contribution is -3.00. The monoisotopic (exact) mass is 360 g/mol. The summed E-state index contributed by atoms with van der Waals surface area (Å²) in [6.45, 7) is 8.57. The molecule has 0 atom stereocenters. The Morgan fingerprint density at radius 3 is 1.88 bits per heavy atom. The molecule has 7 nitrogen and oxygen atoms in total. The molecule has 0 aliphatic carbocycles. The summed E-state index contributed by atoms with van der Waals surface area (Å²) >= 11 is 0. The molecule has 1 aliphatic heterocycles. The molecule has 0 spiro atoms. The van der Waals surface area contributed by atoms with E-state index in [9.17, 15) is 0 Å². The minimum absolute atomic E-state index is 0. The molecule has 1 aromatic heterocycles. The molecule has 1 aromatic rings. The summed E-state index contributed by atoms with van der Waals surface area (Å²) in [6, 6.07) is 0.724. The molecule has 8 heteroatoms. The Morgan fingerprint density at radius 1 is 0.917 bits per heavy atom. The van der Waals surface area contributed by atoms with Crippen LogP contribution in [-0.2, 0) is 4.74 Å². The molecule has 0 aromatic carbocycles. The number of nitrogens with zero attached hydrogens (tertiary/aromatic N) is 4. The van der Waals surface area contributed by atoms with E-state index in [1.54, 1.807) is 0 Å². The largest absolute Gasteiger partial charge is 1.00 e. The second kappa shape index (κ2) is 10.6. The zero-order chi connectivity index (χ0) is 16.5. The summed E-state index contributed by atoms with van der Waals surface area (Å²) < 4.78 is 17.5. The van der Waals surface area contributed by atoms with Crippen molar-refractivity contribution < 1.29 is 26.6 Å². The van der Waals surface area contributed by atoms with Crippen molar-refractivity contribution in [2.45, 2.75) is 39.5 Å². The van der Waals surface area contributed by atoms with Crippen LogP contribution < -0.4 is 26.4 Å². The summed E-state index contributed by atoms with van der Waals surface area (Å²) in [5.41, 5.74) is 0. The SMILES string of the molecule is CCCCOc1nc(OCCCC)nc([N+]2(C)CCOCC2)n1.[Cl-]. The molecule has 0 bridgehead atoms. The normalized spacial score (nSPS) is 16.3. The van der Waals surface area contributed by atoms with Crippen LogP contribution >= 0.6 is 0 Å². The maximum Gasteiger partial charge on any atom is 0.338 e. The Labute approximate surface area is 150 Å². The number of likely N-dealkylation sites (N-methyl/N-ethyl adjacent to an activating group) is 1. The highest BCUT2D eigenvalue weighted by Crippen LogP contribution is 2.22. The third-order valence-electron chi connectivity index (χ3n) is 3.98. The lowest BCUT2D eigenvalue weighted by atomic mass is 10.3. The Balaban J connectivity index is 0.00000288. The average Bonchev–Trinajstić information content (AvgIpc) is 2.56. The number of morpholine rings is 1. The van der Waals surface area contributed by atoms with E-state index in [1.165, 1.54) is 0 Å². The zero-order valence-corrected chi connectivity index (χ0v) is 15.7. The Morgan fingerprint density at radius 2 is 1.42 bits per heavy atom. The third kappa shape index (κ3) is 6.03. The molecule has 2 heterocycles. The van der Waals surface area contributed by atoms with E-state index in [2.05, 4.69) is 35.8 Å². The van der Waals surface area contributed by atoms with Gasteiger partial charge in [0, 0.05) is 0 Å². The summed E-state index contributed by atoms with van der Waals surface area (Å²) in [6.07, 6.45) is 4.10. The van der Waals surface area contributed by atoms with Gasteiger partial charge in [0.25, 0.3) is 0 Å². The van der Waals surface area contributed by atoms with Crippen molar-refractivity contribution in [3.8, 4) is 12.0 Å². The summed E-state index contributed by atoms with van der Waals surface area (Å²) in [7, 11) is 2.11. The quantitative estimate of drug-likeness (QED) is 0.424. The first-order valence-electron chi connectivity index (χ1n) is 8.62. The van der Waals surface area contributed by atoms with E-state index in [0.29, 0.717) is 48.9 Å². The molecule has 1 fully saturated rings. The highest BCUT2D eigenvalue weighted by Gasteiger charge is 2.33. The first kappa shape index (κ1) is 20.9. The van der Waals surface area contributed by atoms with E-state index in [1.807, 2.05) is 0 Å². The maximum absolute atomic E-state index is 5.69. The van der Waals surface area contributed by atoms with Crippen LogP contribution in [0, 0.1) is 0 Å². The molecule has 0 unspecified atom stereocenters. The molecular weight excluding hydrogens is 332 g/mol. The highest BCUT2D eigenvalue weighted by atomic mass is 35.5. The van der Waals surface area contributed by atoms with E-state index < -0.39 is 0 Å². The maximum atomic E-state index is 5.69. The molecule has 1 aliphatic rings. The van der Waals surface area contributed by atoms with Gasteiger partial charge in [-0.15, -0.1) is 15.0 Å². The first-order valence-corrected chi connectivity index (χ1v) is 8.62. The van der Waals surface area contributed by atoms with Gasteiger partial charge in [-0.25, -0.2) is 0 Å². The van der Waals surface area contributed by atoms with Gasteiger partial charge in [0.15, 0.2) is 0 Å². The van der Waals surface area contributed by atoms with Crippen LogP contribution in [0.2, 0.25) is 0 Å². The Bertz CT molecular complexity index is 456.